The molecule has 8 heteroatoms. The third-order valence-electron chi connectivity index (χ3n) is 5.87. The van der Waals surface area contributed by atoms with E-state index in [1.165, 1.54) is 21.3 Å². The lowest BCUT2D eigenvalue weighted by Crippen LogP contribution is -2.29. The molecule has 1 aliphatic rings. The highest BCUT2D eigenvalue weighted by molar-refractivity contribution is 9.10. The average molecular weight is 522 g/mol. The molecule has 1 atom stereocenters. The van der Waals surface area contributed by atoms with E-state index < -0.39 is 11.9 Å². The Bertz CT molecular complexity index is 1470. The summed E-state index contributed by atoms with van der Waals surface area (Å²) in [7, 11) is 4.55. The molecule has 34 heavy (non-hydrogen) atoms. The van der Waals surface area contributed by atoms with Crippen molar-refractivity contribution in [3.63, 3.8) is 0 Å². The Kier molecular flexibility index (Phi) is 5.53. The fourth-order valence-electron chi connectivity index (χ4n) is 4.39. The standard InChI is InChI=1S/C26H20BrNO6/c1-31-19-11-14(12-20(32-2)24(19)33-3)22-21-23(29)17-9-4-5-10-18(17)34-25(21)26(30)28(22)16-8-6-7-15(27)13-16/h4-13,22H,1-3H3. The predicted molar refractivity (Wildman–Crippen MR) is 131 cm³/mol. The highest BCUT2D eigenvalue weighted by Crippen LogP contribution is 2.46. The van der Waals surface area contributed by atoms with Gasteiger partial charge >= 0.3 is 0 Å². The number of carbonyl (C=O) groups excluding carboxylic acids is 1. The van der Waals surface area contributed by atoms with E-state index in [9.17, 15) is 9.59 Å². The molecule has 0 spiro atoms. The highest BCUT2D eigenvalue weighted by atomic mass is 79.9. The molecule has 172 valence electrons. The predicted octanol–water partition coefficient (Wildman–Crippen LogP) is 5.33. The van der Waals surface area contributed by atoms with Gasteiger partial charge in [0.05, 0.1) is 38.3 Å². The van der Waals surface area contributed by atoms with Crippen LogP contribution in [0.1, 0.15) is 27.7 Å². The van der Waals surface area contributed by atoms with Crippen LogP contribution in [0, 0.1) is 0 Å². The summed E-state index contributed by atoms with van der Waals surface area (Å²) in [5.74, 6) is 0.851. The van der Waals surface area contributed by atoms with Gasteiger partial charge in [0.15, 0.2) is 16.9 Å². The van der Waals surface area contributed by atoms with Crippen molar-refractivity contribution in [1.29, 1.82) is 0 Å². The number of amides is 1. The van der Waals surface area contributed by atoms with Crippen LogP contribution in [-0.4, -0.2) is 27.2 Å². The lowest BCUT2D eigenvalue weighted by atomic mass is 9.97. The zero-order valence-electron chi connectivity index (χ0n) is 18.6. The number of hydrogen-bond acceptors (Lipinski definition) is 6. The van der Waals surface area contributed by atoms with E-state index in [2.05, 4.69) is 15.9 Å². The van der Waals surface area contributed by atoms with Crippen molar-refractivity contribution in [2.45, 2.75) is 6.04 Å². The van der Waals surface area contributed by atoms with E-state index in [1.54, 1.807) is 41.3 Å². The second kappa shape index (κ2) is 8.53. The van der Waals surface area contributed by atoms with Gasteiger partial charge in [-0.3, -0.25) is 14.5 Å². The number of fused-ring (bicyclic) bond motifs is 2. The molecular weight excluding hydrogens is 502 g/mol. The van der Waals surface area contributed by atoms with E-state index in [0.717, 1.165) is 4.47 Å². The number of benzene rings is 3. The van der Waals surface area contributed by atoms with Crippen molar-refractivity contribution in [3.8, 4) is 17.2 Å². The molecule has 1 aliphatic heterocycles. The van der Waals surface area contributed by atoms with Gasteiger partial charge in [-0.05, 0) is 48.0 Å². The minimum absolute atomic E-state index is 0.0161. The molecule has 0 aliphatic carbocycles. The van der Waals surface area contributed by atoms with Crippen molar-refractivity contribution < 1.29 is 23.4 Å². The van der Waals surface area contributed by atoms with Crippen LogP contribution in [-0.2, 0) is 0 Å². The van der Waals surface area contributed by atoms with Gasteiger partial charge in [0.2, 0.25) is 11.5 Å². The van der Waals surface area contributed by atoms with Crippen LogP contribution in [0.4, 0.5) is 5.69 Å². The molecule has 1 amide bonds. The second-order valence-corrected chi connectivity index (χ2v) is 8.60. The van der Waals surface area contributed by atoms with E-state index in [1.807, 2.05) is 24.3 Å². The molecule has 0 saturated carbocycles. The first-order valence-corrected chi connectivity index (χ1v) is 11.2. The third-order valence-corrected chi connectivity index (χ3v) is 6.36. The summed E-state index contributed by atoms with van der Waals surface area (Å²) in [4.78, 5) is 29.0. The monoisotopic (exact) mass is 521 g/mol. The zero-order valence-corrected chi connectivity index (χ0v) is 20.2. The lowest BCUT2D eigenvalue weighted by Gasteiger charge is -2.26. The van der Waals surface area contributed by atoms with Crippen molar-refractivity contribution >= 4 is 38.5 Å². The molecule has 1 unspecified atom stereocenters. The topological polar surface area (TPSA) is 78.2 Å². The highest BCUT2D eigenvalue weighted by Gasteiger charge is 2.44. The van der Waals surface area contributed by atoms with Gasteiger partial charge in [-0.1, -0.05) is 34.1 Å². The number of halogens is 1. The van der Waals surface area contributed by atoms with E-state index in [4.69, 9.17) is 18.6 Å². The van der Waals surface area contributed by atoms with Crippen molar-refractivity contribution in [2.24, 2.45) is 0 Å². The van der Waals surface area contributed by atoms with Crippen LogP contribution in [0.2, 0.25) is 0 Å². The maximum Gasteiger partial charge on any atom is 0.295 e. The van der Waals surface area contributed by atoms with Gasteiger partial charge in [0.25, 0.3) is 5.91 Å². The molecule has 4 aromatic rings. The lowest BCUT2D eigenvalue weighted by molar-refractivity contribution is 0.0971. The van der Waals surface area contributed by atoms with Gasteiger partial charge in [0, 0.05) is 10.2 Å². The SMILES string of the molecule is COc1cc(C2c3c(oc4ccccc4c3=O)C(=O)N2c2cccc(Br)c2)cc(OC)c1OC. The number of ether oxygens (including phenoxy) is 3. The van der Waals surface area contributed by atoms with Crippen LogP contribution >= 0.6 is 15.9 Å². The summed E-state index contributed by atoms with van der Waals surface area (Å²) in [5.41, 5.74) is 1.58. The number of rotatable bonds is 5. The van der Waals surface area contributed by atoms with Gasteiger partial charge in [-0.15, -0.1) is 0 Å². The van der Waals surface area contributed by atoms with Gasteiger partial charge in [-0.25, -0.2) is 0 Å². The number of carbonyl (C=O) groups is 1. The Morgan fingerprint density at radius 3 is 2.24 bits per heavy atom. The van der Waals surface area contributed by atoms with Crippen LogP contribution in [0.3, 0.4) is 0 Å². The number of para-hydroxylation sites is 1. The Labute approximate surface area is 203 Å². The number of nitrogens with zero attached hydrogens (tertiary/aromatic N) is 1. The van der Waals surface area contributed by atoms with Gasteiger partial charge in [0.1, 0.15) is 5.58 Å². The van der Waals surface area contributed by atoms with Crippen LogP contribution in [0.5, 0.6) is 17.2 Å². The van der Waals surface area contributed by atoms with Crippen molar-refractivity contribution in [1.82, 2.24) is 0 Å². The molecule has 3 aromatic carbocycles. The number of methoxy groups -OCH3 is 3. The fourth-order valence-corrected chi connectivity index (χ4v) is 4.77. The average Bonchev–Trinajstić information content (AvgIpc) is 3.15. The summed E-state index contributed by atoms with van der Waals surface area (Å²) >= 11 is 3.48. The first-order valence-electron chi connectivity index (χ1n) is 10.4. The second-order valence-electron chi connectivity index (χ2n) is 7.69. The number of hydrogen-bond donors (Lipinski definition) is 0. The first kappa shape index (κ1) is 22.0. The molecule has 5 rings (SSSR count). The number of anilines is 1. The maximum absolute atomic E-state index is 13.7. The van der Waals surface area contributed by atoms with E-state index >= 15 is 0 Å². The van der Waals surface area contributed by atoms with E-state index in [0.29, 0.717) is 39.5 Å². The summed E-state index contributed by atoms with van der Waals surface area (Å²) in [6.07, 6.45) is 0. The summed E-state index contributed by atoms with van der Waals surface area (Å²) < 4.78 is 23.3. The van der Waals surface area contributed by atoms with Gasteiger partial charge in [-0.2, -0.15) is 0 Å². The Balaban J connectivity index is 1.84. The van der Waals surface area contributed by atoms with Gasteiger partial charge < -0.3 is 18.6 Å². The van der Waals surface area contributed by atoms with Crippen LogP contribution in [0.15, 0.2) is 74.3 Å². The molecule has 0 saturated heterocycles. The minimum atomic E-state index is -0.772. The normalized spacial score (nSPS) is 14.9. The third kappa shape index (κ3) is 3.33. The minimum Gasteiger partial charge on any atom is -0.493 e. The quantitative estimate of drug-likeness (QED) is 0.353. The van der Waals surface area contributed by atoms with Crippen molar-refractivity contribution in [3.05, 3.63) is 92.2 Å². The summed E-state index contributed by atoms with van der Waals surface area (Å²) in [5, 5.41) is 0.405. The van der Waals surface area contributed by atoms with Crippen LogP contribution in [0.25, 0.3) is 11.0 Å². The van der Waals surface area contributed by atoms with E-state index in [-0.39, 0.29) is 16.8 Å². The van der Waals surface area contributed by atoms with Crippen molar-refractivity contribution in [2.75, 3.05) is 26.2 Å². The Morgan fingerprint density at radius 2 is 1.59 bits per heavy atom. The fraction of sp³-hybridized carbons (Fsp3) is 0.154. The largest absolute Gasteiger partial charge is 0.493 e. The Morgan fingerprint density at radius 1 is 0.882 bits per heavy atom. The van der Waals surface area contributed by atoms with Crippen LogP contribution < -0.4 is 24.5 Å². The molecule has 0 bridgehead atoms. The molecular formula is C26H20BrNO6. The first-order chi connectivity index (χ1) is 16.5. The maximum atomic E-state index is 13.7. The molecule has 1 aromatic heterocycles. The molecule has 7 nitrogen and oxygen atoms in total. The molecule has 0 radical (unpaired) electrons. The summed E-state index contributed by atoms with van der Waals surface area (Å²) in [6, 6.07) is 16.9. The molecule has 0 N–H and O–H groups in total. The zero-order chi connectivity index (χ0) is 24.0. The summed E-state index contributed by atoms with van der Waals surface area (Å²) in [6.45, 7) is 0. The Hall–Kier alpha value is -3.78. The molecule has 0 fully saturated rings. The smallest absolute Gasteiger partial charge is 0.295 e. The molecule has 2 heterocycles.